The average molecular weight is 449 g/mol. The number of hydrogen-bond acceptors (Lipinski definition) is 6. The highest BCUT2D eigenvalue weighted by molar-refractivity contribution is 5.76. The van der Waals surface area contributed by atoms with Gasteiger partial charge in [-0.15, -0.1) is 0 Å². The number of unbranched alkanes of at least 4 members (excludes halogenated alkanes) is 7. The Morgan fingerprint density at radius 2 is 0.938 bits per heavy atom. The molecule has 0 heterocycles. The van der Waals surface area contributed by atoms with E-state index in [-0.39, 0.29) is 10.8 Å². The van der Waals surface area contributed by atoms with Gasteiger partial charge in [-0.1, -0.05) is 79.1 Å². The zero-order chi connectivity index (χ0) is 24.6. The van der Waals surface area contributed by atoms with E-state index in [9.17, 15) is 20.1 Å². The minimum absolute atomic E-state index is 0.300. The average Bonchev–Trinajstić information content (AvgIpc) is 2.70. The lowest BCUT2D eigenvalue weighted by Crippen LogP contribution is -2.31. The number of carbonyl (C=O) groups is 2. The summed E-state index contributed by atoms with van der Waals surface area (Å²) >= 11 is 0. The molecule has 0 aliphatic rings. The number of carbonyl (C=O) groups excluding carboxylic acids is 2. The quantitative estimate of drug-likeness (QED) is 0.190. The smallest absolute Gasteiger partial charge is 0.323 e. The first-order chi connectivity index (χ1) is 15.1. The van der Waals surface area contributed by atoms with Gasteiger partial charge in [0.05, 0.1) is 25.4 Å². The van der Waals surface area contributed by atoms with E-state index in [1.165, 1.54) is 12.8 Å². The van der Waals surface area contributed by atoms with Crippen LogP contribution in [0.2, 0.25) is 0 Å². The van der Waals surface area contributed by atoms with E-state index < -0.39 is 23.8 Å². The summed E-state index contributed by atoms with van der Waals surface area (Å²) in [6.45, 7) is 12.0. The molecule has 0 aliphatic heterocycles. The summed E-state index contributed by atoms with van der Waals surface area (Å²) in [5, 5.41) is 18.7. The molecular formula is C26H44N2O4. The van der Waals surface area contributed by atoms with Crippen LogP contribution in [0.15, 0.2) is 0 Å². The van der Waals surface area contributed by atoms with E-state index in [1.54, 1.807) is 13.8 Å². The number of nitrogens with zero attached hydrogens (tertiary/aromatic N) is 2. The number of rotatable bonds is 17. The van der Waals surface area contributed by atoms with Crippen molar-refractivity contribution in [3.63, 3.8) is 0 Å². The molecule has 0 saturated carbocycles. The molecule has 0 aromatic rings. The third kappa shape index (κ3) is 11.0. The van der Waals surface area contributed by atoms with Crippen LogP contribution in [0.5, 0.6) is 0 Å². The first kappa shape index (κ1) is 29.9. The summed E-state index contributed by atoms with van der Waals surface area (Å²) in [6, 6.07) is 4.25. The van der Waals surface area contributed by atoms with Crippen molar-refractivity contribution in [2.45, 2.75) is 106 Å². The maximum atomic E-state index is 12.0. The minimum Gasteiger partial charge on any atom is -0.465 e. The number of esters is 2. The van der Waals surface area contributed by atoms with E-state index in [0.29, 0.717) is 13.2 Å². The van der Waals surface area contributed by atoms with Crippen molar-refractivity contribution in [2.75, 3.05) is 13.2 Å². The lowest BCUT2D eigenvalue weighted by molar-refractivity contribution is -0.150. The van der Waals surface area contributed by atoms with Crippen LogP contribution in [-0.4, -0.2) is 25.2 Å². The number of hydrogen-bond donors (Lipinski definition) is 0. The van der Waals surface area contributed by atoms with Gasteiger partial charge in [-0.3, -0.25) is 9.59 Å². The predicted octanol–water partition coefficient (Wildman–Crippen LogP) is 6.35. The Balaban J connectivity index is 4.04. The van der Waals surface area contributed by atoms with Crippen LogP contribution in [0.3, 0.4) is 0 Å². The van der Waals surface area contributed by atoms with Gasteiger partial charge in [0.2, 0.25) is 0 Å². The second-order valence-corrected chi connectivity index (χ2v) is 9.93. The summed E-state index contributed by atoms with van der Waals surface area (Å²) in [7, 11) is 0. The topological polar surface area (TPSA) is 100 Å². The highest BCUT2D eigenvalue weighted by Crippen LogP contribution is 2.35. The molecule has 0 radical (unpaired) electrons. The molecule has 2 unspecified atom stereocenters. The zero-order valence-corrected chi connectivity index (χ0v) is 21.2. The van der Waals surface area contributed by atoms with Crippen LogP contribution in [0, 0.1) is 45.3 Å². The predicted molar refractivity (Wildman–Crippen MR) is 125 cm³/mol. The summed E-state index contributed by atoms with van der Waals surface area (Å²) < 4.78 is 10.1. The molecule has 32 heavy (non-hydrogen) atoms. The third-order valence-electron chi connectivity index (χ3n) is 6.26. The van der Waals surface area contributed by atoms with Gasteiger partial charge in [-0.2, -0.15) is 10.5 Å². The Kier molecular flexibility index (Phi) is 14.7. The second-order valence-electron chi connectivity index (χ2n) is 9.93. The molecule has 0 amide bonds. The molecule has 6 heteroatoms. The van der Waals surface area contributed by atoms with Crippen molar-refractivity contribution in [1.29, 1.82) is 10.5 Å². The Morgan fingerprint density at radius 1 is 0.656 bits per heavy atom. The maximum Gasteiger partial charge on any atom is 0.323 e. The monoisotopic (exact) mass is 448 g/mol. The fraction of sp³-hybridized carbons (Fsp3) is 0.846. The van der Waals surface area contributed by atoms with Crippen LogP contribution in [-0.2, 0) is 19.1 Å². The van der Waals surface area contributed by atoms with Gasteiger partial charge in [0.1, 0.15) is 11.8 Å². The molecule has 0 aliphatic carbocycles. The maximum absolute atomic E-state index is 12.0. The van der Waals surface area contributed by atoms with Crippen molar-refractivity contribution < 1.29 is 19.1 Å². The molecule has 0 N–H and O–H groups in total. The molecule has 2 atom stereocenters. The van der Waals surface area contributed by atoms with E-state index in [1.807, 2.05) is 27.7 Å². The normalized spacial score (nSPS) is 13.5. The van der Waals surface area contributed by atoms with Gasteiger partial charge < -0.3 is 9.47 Å². The molecule has 0 aromatic carbocycles. The molecule has 182 valence electrons. The largest absolute Gasteiger partial charge is 0.465 e. The Morgan fingerprint density at radius 3 is 1.19 bits per heavy atom. The summed E-state index contributed by atoms with van der Waals surface area (Å²) in [5.74, 6) is -2.25. The lowest BCUT2D eigenvalue weighted by Gasteiger charge is -2.28. The molecule has 0 aromatic heterocycles. The van der Waals surface area contributed by atoms with E-state index in [0.717, 1.165) is 51.4 Å². The molecule has 0 saturated heterocycles. The first-order valence-electron chi connectivity index (χ1n) is 12.2. The van der Waals surface area contributed by atoms with Gasteiger partial charge >= 0.3 is 11.9 Å². The van der Waals surface area contributed by atoms with Crippen LogP contribution >= 0.6 is 0 Å². The van der Waals surface area contributed by atoms with Crippen molar-refractivity contribution in [1.82, 2.24) is 0 Å². The Labute approximate surface area is 195 Å². The fourth-order valence-electron chi connectivity index (χ4n) is 4.05. The van der Waals surface area contributed by atoms with Crippen LogP contribution in [0.25, 0.3) is 0 Å². The first-order valence-corrected chi connectivity index (χ1v) is 12.2. The summed E-state index contributed by atoms with van der Waals surface area (Å²) in [6.07, 6.45) is 10.5. The number of ether oxygens (including phenoxy) is 2. The van der Waals surface area contributed by atoms with Crippen LogP contribution in [0.4, 0.5) is 0 Å². The third-order valence-corrected chi connectivity index (χ3v) is 6.26. The Hall–Kier alpha value is -2.08. The molecular weight excluding hydrogens is 404 g/mol. The molecule has 0 rings (SSSR count). The standard InChI is InChI=1S/C26H44N2O4/c1-7-31-23(29)21(19-27)25(3,4)17-15-13-11-9-10-12-14-16-18-26(5,6)22(20-28)24(30)32-8-2/h21-22H,7-18H2,1-6H3. The number of nitriles is 2. The van der Waals surface area contributed by atoms with Gasteiger partial charge in [-0.25, -0.2) is 0 Å². The zero-order valence-electron chi connectivity index (χ0n) is 21.2. The van der Waals surface area contributed by atoms with Crippen molar-refractivity contribution in [3.8, 4) is 12.1 Å². The second kappa shape index (κ2) is 15.7. The van der Waals surface area contributed by atoms with E-state index >= 15 is 0 Å². The van der Waals surface area contributed by atoms with Gasteiger partial charge in [0, 0.05) is 0 Å². The SMILES string of the molecule is CCOC(=O)C(C#N)C(C)(C)CCCCCCCCCCC(C)(C)C(C#N)C(=O)OCC. The fourth-order valence-corrected chi connectivity index (χ4v) is 4.05. The summed E-state index contributed by atoms with van der Waals surface area (Å²) in [5.41, 5.74) is -0.753. The van der Waals surface area contributed by atoms with Crippen LogP contribution in [0.1, 0.15) is 106 Å². The summed E-state index contributed by atoms with van der Waals surface area (Å²) in [4.78, 5) is 24.0. The lowest BCUT2D eigenvalue weighted by atomic mass is 9.75. The van der Waals surface area contributed by atoms with Gasteiger partial charge in [0.15, 0.2) is 0 Å². The van der Waals surface area contributed by atoms with Crippen molar-refractivity contribution in [3.05, 3.63) is 0 Å². The molecule has 0 spiro atoms. The minimum atomic E-state index is -0.712. The van der Waals surface area contributed by atoms with Crippen LogP contribution < -0.4 is 0 Å². The van der Waals surface area contributed by atoms with Crippen molar-refractivity contribution >= 4 is 11.9 Å². The van der Waals surface area contributed by atoms with Gasteiger partial charge in [0.25, 0.3) is 0 Å². The highest BCUT2D eigenvalue weighted by Gasteiger charge is 2.37. The van der Waals surface area contributed by atoms with Crippen molar-refractivity contribution in [2.24, 2.45) is 22.7 Å². The van der Waals surface area contributed by atoms with Gasteiger partial charge in [-0.05, 0) is 37.5 Å². The molecule has 0 bridgehead atoms. The molecule has 0 fully saturated rings. The highest BCUT2D eigenvalue weighted by atomic mass is 16.5. The van der Waals surface area contributed by atoms with E-state index in [4.69, 9.17) is 9.47 Å². The Bertz CT molecular complexity index is 587. The van der Waals surface area contributed by atoms with E-state index in [2.05, 4.69) is 12.1 Å². The molecule has 6 nitrogen and oxygen atoms in total.